The molecule has 1 heterocycles. The summed E-state index contributed by atoms with van der Waals surface area (Å²) >= 11 is 0. The fraction of sp³-hybridized carbons (Fsp3) is 0.500. The van der Waals surface area contributed by atoms with Gasteiger partial charge < -0.3 is 10.6 Å². The molecule has 0 saturated carbocycles. The Balaban J connectivity index is 2.07. The third-order valence-corrected chi connectivity index (χ3v) is 2.85. The monoisotopic (exact) mass is 190 g/mol. The maximum Gasteiger partial charge on any atom is 0.0366 e. The first-order valence-corrected chi connectivity index (χ1v) is 5.27. The number of hydrogen-bond acceptors (Lipinski definition) is 2. The van der Waals surface area contributed by atoms with Crippen molar-refractivity contribution in [2.24, 2.45) is 11.7 Å². The second-order valence-corrected chi connectivity index (χ2v) is 4.39. The maximum absolute atomic E-state index is 5.79. The van der Waals surface area contributed by atoms with Crippen LogP contribution in [-0.2, 0) is 0 Å². The van der Waals surface area contributed by atoms with Crippen LogP contribution in [0.15, 0.2) is 24.3 Å². The fourth-order valence-corrected chi connectivity index (χ4v) is 1.90. The average molecular weight is 190 g/mol. The van der Waals surface area contributed by atoms with Crippen LogP contribution in [0.5, 0.6) is 0 Å². The van der Waals surface area contributed by atoms with Gasteiger partial charge in [-0.2, -0.15) is 0 Å². The lowest BCUT2D eigenvalue weighted by atomic mass is 10.0. The molecule has 0 radical (unpaired) electrons. The molecule has 0 bridgehead atoms. The molecule has 2 rings (SSSR count). The number of benzene rings is 1. The van der Waals surface area contributed by atoms with E-state index in [9.17, 15) is 0 Å². The van der Waals surface area contributed by atoms with Gasteiger partial charge in [-0.15, -0.1) is 0 Å². The first-order valence-electron chi connectivity index (χ1n) is 5.27. The van der Waals surface area contributed by atoms with E-state index in [4.69, 9.17) is 5.73 Å². The van der Waals surface area contributed by atoms with Gasteiger partial charge in [-0.1, -0.05) is 19.1 Å². The molecule has 0 aliphatic carbocycles. The van der Waals surface area contributed by atoms with Crippen LogP contribution in [0.2, 0.25) is 0 Å². The molecule has 1 aliphatic heterocycles. The van der Waals surface area contributed by atoms with Crippen molar-refractivity contribution in [2.75, 3.05) is 18.0 Å². The van der Waals surface area contributed by atoms with E-state index in [0.717, 1.165) is 5.92 Å². The van der Waals surface area contributed by atoms with Gasteiger partial charge in [0.25, 0.3) is 0 Å². The van der Waals surface area contributed by atoms with E-state index >= 15 is 0 Å². The Morgan fingerprint density at radius 2 is 1.86 bits per heavy atom. The minimum atomic E-state index is 0.138. The highest BCUT2D eigenvalue weighted by Gasteiger charge is 2.22. The second-order valence-electron chi connectivity index (χ2n) is 4.39. The fourth-order valence-electron chi connectivity index (χ4n) is 1.90. The molecule has 2 nitrogen and oxygen atoms in total. The third-order valence-electron chi connectivity index (χ3n) is 2.85. The molecule has 1 fully saturated rings. The summed E-state index contributed by atoms with van der Waals surface area (Å²) in [5, 5.41) is 0. The predicted molar refractivity (Wildman–Crippen MR) is 60.4 cm³/mol. The predicted octanol–water partition coefficient (Wildman–Crippen LogP) is 2.16. The molecule has 1 aliphatic rings. The summed E-state index contributed by atoms with van der Waals surface area (Å²) in [6.07, 6.45) is 0. The van der Waals surface area contributed by atoms with Crippen LogP contribution in [0.1, 0.15) is 25.5 Å². The van der Waals surface area contributed by atoms with Crippen molar-refractivity contribution in [2.45, 2.75) is 19.9 Å². The van der Waals surface area contributed by atoms with Crippen molar-refractivity contribution in [1.82, 2.24) is 0 Å². The summed E-state index contributed by atoms with van der Waals surface area (Å²) in [5.41, 5.74) is 8.33. The zero-order chi connectivity index (χ0) is 10.1. The summed E-state index contributed by atoms with van der Waals surface area (Å²) < 4.78 is 0. The number of nitrogens with two attached hydrogens (primary N) is 1. The molecule has 2 heteroatoms. The van der Waals surface area contributed by atoms with Gasteiger partial charge in [-0.25, -0.2) is 0 Å². The molecular formula is C12H18N2. The normalized spacial score (nSPS) is 19.2. The lowest BCUT2D eigenvalue weighted by Gasteiger charge is -2.39. The Hall–Kier alpha value is -1.02. The van der Waals surface area contributed by atoms with Crippen molar-refractivity contribution in [3.63, 3.8) is 0 Å². The Kier molecular flexibility index (Phi) is 2.46. The molecule has 2 N–H and O–H groups in total. The minimum absolute atomic E-state index is 0.138. The van der Waals surface area contributed by atoms with Crippen LogP contribution in [-0.4, -0.2) is 13.1 Å². The van der Waals surface area contributed by atoms with Crippen LogP contribution in [0, 0.1) is 5.92 Å². The topological polar surface area (TPSA) is 29.3 Å². The lowest BCUT2D eigenvalue weighted by Crippen LogP contribution is -2.45. The first-order chi connectivity index (χ1) is 6.66. The van der Waals surface area contributed by atoms with Crippen LogP contribution in [0.25, 0.3) is 0 Å². The Bertz CT molecular complexity index is 297. The van der Waals surface area contributed by atoms with Crippen molar-refractivity contribution < 1.29 is 0 Å². The SMILES string of the molecule is CC1CN(c2ccc(C(C)N)cc2)C1. The maximum atomic E-state index is 5.79. The van der Waals surface area contributed by atoms with E-state index in [1.807, 2.05) is 6.92 Å². The molecule has 1 atom stereocenters. The number of nitrogens with zero attached hydrogens (tertiary/aromatic N) is 1. The first kappa shape index (κ1) is 9.53. The second kappa shape index (κ2) is 3.62. The standard InChI is InChI=1S/C12H18N2/c1-9-7-14(8-9)12-5-3-11(4-6-12)10(2)13/h3-6,9-10H,7-8,13H2,1-2H3. The van der Waals surface area contributed by atoms with E-state index in [2.05, 4.69) is 36.1 Å². The summed E-state index contributed by atoms with van der Waals surface area (Å²) in [6, 6.07) is 8.74. The summed E-state index contributed by atoms with van der Waals surface area (Å²) in [5.74, 6) is 0.850. The quantitative estimate of drug-likeness (QED) is 0.774. The Morgan fingerprint density at radius 1 is 1.29 bits per heavy atom. The molecule has 0 spiro atoms. The van der Waals surface area contributed by atoms with Crippen LogP contribution in [0.4, 0.5) is 5.69 Å². The average Bonchev–Trinajstić information content (AvgIpc) is 2.13. The van der Waals surface area contributed by atoms with E-state index < -0.39 is 0 Å². The molecule has 0 amide bonds. The highest BCUT2D eigenvalue weighted by molar-refractivity contribution is 5.50. The number of rotatable bonds is 2. The molecule has 76 valence electrons. The van der Waals surface area contributed by atoms with Gasteiger partial charge in [-0.05, 0) is 30.5 Å². The lowest BCUT2D eigenvalue weighted by molar-refractivity contribution is 0.447. The molecule has 1 saturated heterocycles. The van der Waals surface area contributed by atoms with E-state index in [1.54, 1.807) is 0 Å². The van der Waals surface area contributed by atoms with Crippen molar-refractivity contribution in [3.05, 3.63) is 29.8 Å². The van der Waals surface area contributed by atoms with Crippen LogP contribution >= 0.6 is 0 Å². The molecule has 1 unspecified atom stereocenters. The van der Waals surface area contributed by atoms with Gasteiger partial charge in [0.2, 0.25) is 0 Å². The molecule has 1 aromatic carbocycles. The van der Waals surface area contributed by atoms with Crippen molar-refractivity contribution in [1.29, 1.82) is 0 Å². The largest absolute Gasteiger partial charge is 0.371 e. The third kappa shape index (κ3) is 1.75. The highest BCUT2D eigenvalue weighted by atomic mass is 15.2. The van der Waals surface area contributed by atoms with E-state index in [1.165, 1.54) is 24.3 Å². The Labute approximate surface area is 85.7 Å². The van der Waals surface area contributed by atoms with Gasteiger partial charge >= 0.3 is 0 Å². The molecule has 0 aromatic heterocycles. The highest BCUT2D eigenvalue weighted by Crippen LogP contribution is 2.25. The smallest absolute Gasteiger partial charge is 0.0366 e. The number of hydrogen-bond donors (Lipinski definition) is 1. The van der Waals surface area contributed by atoms with Crippen LogP contribution < -0.4 is 10.6 Å². The summed E-state index contributed by atoms with van der Waals surface area (Å²) in [4.78, 5) is 2.40. The molecular weight excluding hydrogens is 172 g/mol. The molecule has 1 aromatic rings. The van der Waals surface area contributed by atoms with Gasteiger partial charge in [-0.3, -0.25) is 0 Å². The van der Waals surface area contributed by atoms with Gasteiger partial charge in [0, 0.05) is 24.8 Å². The van der Waals surface area contributed by atoms with Crippen molar-refractivity contribution in [3.8, 4) is 0 Å². The van der Waals surface area contributed by atoms with Crippen molar-refractivity contribution >= 4 is 5.69 Å². The number of anilines is 1. The van der Waals surface area contributed by atoms with Crippen LogP contribution in [0.3, 0.4) is 0 Å². The zero-order valence-corrected chi connectivity index (χ0v) is 8.90. The molecule has 14 heavy (non-hydrogen) atoms. The van der Waals surface area contributed by atoms with Gasteiger partial charge in [0.05, 0.1) is 0 Å². The van der Waals surface area contributed by atoms with Gasteiger partial charge in [0.15, 0.2) is 0 Å². The van der Waals surface area contributed by atoms with E-state index in [-0.39, 0.29) is 6.04 Å². The minimum Gasteiger partial charge on any atom is -0.371 e. The summed E-state index contributed by atoms with van der Waals surface area (Å²) in [7, 11) is 0. The Morgan fingerprint density at radius 3 is 2.29 bits per heavy atom. The zero-order valence-electron chi connectivity index (χ0n) is 8.90. The summed E-state index contributed by atoms with van der Waals surface area (Å²) in [6.45, 7) is 6.68. The van der Waals surface area contributed by atoms with Gasteiger partial charge in [0.1, 0.15) is 0 Å². The van der Waals surface area contributed by atoms with E-state index in [0.29, 0.717) is 0 Å².